The van der Waals surface area contributed by atoms with Crippen LogP contribution in [0.2, 0.25) is 13.3 Å². The second-order valence-electron chi connectivity index (χ2n) is 6.91. The number of non-ortho nitro benzene ring substituents is 1. The molecule has 0 unspecified atom stereocenters. The van der Waals surface area contributed by atoms with E-state index in [-0.39, 0.29) is 10.6 Å². The number of hydrogen-bond acceptors (Lipinski definition) is 2. The Morgan fingerprint density at radius 3 is 1.91 bits per heavy atom. The number of hydrogen-bond donors (Lipinski definition) is 0. The third-order valence-corrected chi connectivity index (χ3v) is 20.3. The molecule has 0 aliphatic rings. The molecule has 0 aliphatic carbocycles. The van der Waals surface area contributed by atoms with Crippen LogP contribution in [-0.2, 0) is 4.44 Å². The topological polar surface area (TPSA) is 43.1 Å². The van der Waals surface area contributed by atoms with Crippen molar-refractivity contribution < 1.29 is 4.92 Å². The van der Waals surface area contributed by atoms with Crippen LogP contribution in [-0.4, -0.2) is 23.3 Å². The van der Waals surface area contributed by atoms with E-state index < -0.39 is 18.4 Å². The van der Waals surface area contributed by atoms with E-state index in [1.54, 1.807) is 6.07 Å². The Morgan fingerprint density at radius 2 is 1.48 bits per heavy atom. The van der Waals surface area contributed by atoms with Gasteiger partial charge in [-0.15, -0.1) is 0 Å². The normalized spacial score (nSPS) is 11.6. The van der Waals surface area contributed by atoms with Crippen molar-refractivity contribution in [2.45, 2.75) is 77.0 Å². The van der Waals surface area contributed by atoms with Gasteiger partial charge in [-0.3, -0.25) is 0 Å². The Bertz CT molecular complexity index is 454. The van der Waals surface area contributed by atoms with E-state index in [4.69, 9.17) is 0 Å². The summed E-state index contributed by atoms with van der Waals surface area (Å²) in [6.07, 6.45) is 7.85. The van der Waals surface area contributed by atoms with Crippen LogP contribution in [0.15, 0.2) is 24.3 Å². The van der Waals surface area contributed by atoms with Gasteiger partial charge < -0.3 is 0 Å². The van der Waals surface area contributed by atoms with Crippen molar-refractivity contribution in [1.82, 2.24) is 0 Å². The van der Waals surface area contributed by atoms with Gasteiger partial charge in [-0.25, -0.2) is 0 Å². The number of nitro groups is 1. The van der Waals surface area contributed by atoms with Crippen LogP contribution in [0, 0.1) is 10.1 Å². The summed E-state index contributed by atoms with van der Waals surface area (Å²) in [7, 11) is 0. The van der Waals surface area contributed by atoms with Crippen molar-refractivity contribution in [3.63, 3.8) is 0 Å². The Hall–Kier alpha value is -0.581. The van der Waals surface area contributed by atoms with Crippen molar-refractivity contribution in [3.8, 4) is 0 Å². The Labute approximate surface area is 145 Å². The molecule has 1 aromatic carbocycles. The zero-order valence-corrected chi connectivity index (χ0v) is 18.0. The molecule has 1 rings (SSSR count). The zero-order chi connectivity index (χ0) is 17.1. The summed E-state index contributed by atoms with van der Waals surface area (Å²) >= 11 is -2.25. The number of nitro benzene ring substituents is 1. The van der Waals surface area contributed by atoms with Gasteiger partial charge in [0.15, 0.2) is 0 Å². The second-order valence-corrected chi connectivity index (χ2v) is 20.8. The maximum absolute atomic E-state index is 11.1. The van der Waals surface area contributed by atoms with Crippen molar-refractivity contribution in [3.05, 3.63) is 39.9 Å². The second kappa shape index (κ2) is 11.1. The molecule has 0 saturated carbocycles. The summed E-state index contributed by atoms with van der Waals surface area (Å²) in [6, 6.07) is 7.42. The molecule has 130 valence electrons. The summed E-state index contributed by atoms with van der Waals surface area (Å²) in [4.78, 5) is 10.8. The summed E-state index contributed by atoms with van der Waals surface area (Å²) in [6.45, 7) is 6.84. The molecule has 0 atom stereocenters. The van der Waals surface area contributed by atoms with Crippen LogP contribution in [0.1, 0.15) is 64.9 Å². The standard InChI is InChI=1S/C7H6NO2.3C4H9.Sn/c1-6-3-2-4-7(5-6)8(9)10;3*1-3-4-2;/h2-5H,1H2;3*1,3-4H2,2H3;. The van der Waals surface area contributed by atoms with Crippen LogP contribution in [0.4, 0.5) is 5.69 Å². The van der Waals surface area contributed by atoms with Crippen molar-refractivity contribution >= 4 is 24.1 Å². The van der Waals surface area contributed by atoms with Crippen molar-refractivity contribution in [1.29, 1.82) is 0 Å². The molecule has 0 aliphatic heterocycles. The van der Waals surface area contributed by atoms with Gasteiger partial charge in [-0.05, 0) is 0 Å². The van der Waals surface area contributed by atoms with Gasteiger partial charge in [0.1, 0.15) is 0 Å². The number of benzene rings is 1. The predicted octanol–water partition coefficient (Wildman–Crippen LogP) is 6.53. The molecule has 0 heterocycles. The summed E-state index contributed by atoms with van der Waals surface area (Å²) in [5.74, 6) is 0. The van der Waals surface area contributed by atoms with Crippen LogP contribution in [0.25, 0.3) is 0 Å². The average Bonchev–Trinajstić information content (AvgIpc) is 2.56. The first-order chi connectivity index (χ1) is 11.1. The quantitative estimate of drug-likeness (QED) is 0.217. The van der Waals surface area contributed by atoms with Crippen molar-refractivity contribution in [2.75, 3.05) is 0 Å². The molecule has 0 fully saturated rings. The molecular formula is C19H33NO2Sn. The molecule has 0 radical (unpaired) electrons. The van der Waals surface area contributed by atoms with E-state index in [0.717, 1.165) is 0 Å². The van der Waals surface area contributed by atoms with E-state index in [0.29, 0.717) is 0 Å². The summed E-state index contributed by atoms with van der Waals surface area (Å²) < 4.78 is 5.55. The maximum atomic E-state index is 11.1. The molecule has 0 bridgehead atoms. The Kier molecular flexibility index (Phi) is 9.84. The Morgan fingerprint density at radius 1 is 0.957 bits per heavy atom. The molecule has 4 heteroatoms. The fraction of sp³-hybridized carbons (Fsp3) is 0.684. The number of rotatable bonds is 12. The first kappa shape index (κ1) is 20.5. The van der Waals surface area contributed by atoms with Gasteiger partial charge in [0.05, 0.1) is 0 Å². The molecule has 3 nitrogen and oxygen atoms in total. The minimum atomic E-state index is -2.25. The number of unbranched alkanes of at least 4 members (excludes halogenated alkanes) is 3. The molecule has 1 aromatic rings. The minimum absolute atomic E-state index is 0.254. The van der Waals surface area contributed by atoms with Crippen molar-refractivity contribution in [2.24, 2.45) is 0 Å². The Balaban J connectivity index is 2.99. The molecule has 0 amide bonds. The molecule has 0 saturated heterocycles. The van der Waals surface area contributed by atoms with Gasteiger partial charge >= 0.3 is 146 Å². The predicted molar refractivity (Wildman–Crippen MR) is 102 cm³/mol. The van der Waals surface area contributed by atoms with E-state index >= 15 is 0 Å². The summed E-state index contributed by atoms with van der Waals surface area (Å²) in [5.41, 5.74) is 1.47. The monoisotopic (exact) mass is 427 g/mol. The molecular weight excluding hydrogens is 393 g/mol. The van der Waals surface area contributed by atoms with E-state index in [9.17, 15) is 10.1 Å². The van der Waals surface area contributed by atoms with E-state index in [2.05, 4.69) is 26.8 Å². The third-order valence-electron chi connectivity index (χ3n) is 4.88. The molecule has 0 N–H and O–H groups in total. The van der Waals surface area contributed by atoms with Crippen LogP contribution in [0.3, 0.4) is 0 Å². The van der Waals surface area contributed by atoms with Gasteiger partial charge in [-0.2, -0.15) is 0 Å². The molecule has 23 heavy (non-hydrogen) atoms. The third kappa shape index (κ3) is 7.23. The fourth-order valence-electron chi connectivity index (χ4n) is 3.51. The van der Waals surface area contributed by atoms with Crippen LogP contribution < -0.4 is 0 Å². The SMILES string of the molecule is CCC[CH2][Sn]([CH2]CCC)([CH2]CCC)[CH2]c1cccc([N+](=O)[O-])c1. The number of nitrogens with zero attached hydrogens (tertiary/aromatic N) is 1. The van der Waals surface area contributed by atoms with E-state index in [1.807, 2.05) is 12.1 Å². The first-order valence-electron chi connectivity index (χ1n) is 9.30. The van der Waals surface area contributed by atoms with E-state index in [1.165, 1.54) is 61.8 Å². The van der Waals surface area contributed by atoms with Gasteiger partial charge in [0.25, 0.3) is 0 Å². The first-order valence-corrected chi connectivity index (χ1v) is 17.4. The van der Waals surface area contributed by atoms with Crippen LogP contribution >= 0.6 is 0 Å². The average molecular weight is 426 g/mol. The molecule has 0 aromatic heterocycles. The fourth-order valence-corrected chi connectivity index (χ4v) is 19.7. The van der Waals surface area contributed by atoms with Gasteiger partial charge in [0.2, 0.25) is 0 Å². The zero-order valence-electron chi connectivity index (χ0n) is 15.1. The van der Waals surface area contributed by atoms with Gasteiger partial charge in [-0.1, -0.05) is 0 Å². The van der Waals surface area contributed by atoms with Gasteiger partial charge in [0, 0.05) is 0 Å². The summed E-state index contributed by atoms with van der Waals surface area (Å²) in [5, 5.41) is 11.1. The van der Waals surface area contributed by atoms with Crippen LogP contribution in [0.5, 0.6) is 0 Å². The molecule has 0 spiro atoms.